The summed E-state index contributed by atoms with van der Waals surface area (Å²) in [4.78, 5) is 27.1. The van der Waals surface area contributed by atoms with Crippen molar-refractivity contribution >= 4 is 40.7 Å². The maximum absolute atomic E-state index is 13.5. The van der Waals surface area contributed by atoms with Gasteiger partial charge >= 0.3 is 0 Å². The lowest BCUT2D eigenvalue weighted by Gasteiger charge is -2.25. The number of ketones is 1. The summed E-state index contributed by atoms with van der Waals surface area (Å²) in [5.74, 6) is -2.44. The van der Waals surface area contributed by atoms with Gasteiger partial charge in [-0.1, -0.05) is 35.3 Å². The first-order valence-electron chi connectivity index (χ1n) is 9.81. The second-order valence-corrected chi connectivity index (χ2v) is 8.28. The molecule has 0 spiro atoms. The lowest BCUT2D eigenvalue weighted by atomic mass is 9.95. The Morgan fingerprint density at radius 1 is 1.16 bits per heavy atom. The highest BCUT2D eigenvalue weighted by atomic mass is 35.5. The normalized spacial score (nSPS) is 18.3. The van der Waals surface area contributed by atoms with Crippen LogP contribution in [0.1, 0.15) is 37.4 Å². The lowest BCUT2D eigenvalue weighted by molar-refractivity contribution is -0.140. The third-order valence-electron chi connectivity index (χ3n) is 4.91. The molecule has 1 amide bonds. The molecule has 1 aliphatic rings. The van der Waals surface area contributed by atoms with E-state index >= 15 is 0 Å². The van der Waals surface area contributed by atoms with Gasteiger partial charge in [-0.3, -0.25) is 9.59 Å². The zero-order valence-corrected chi connectivity index (χ0v) is 18.6. The van der Waals surface area contributed by atoms with Crippen molar-refractivity contribution in [3.05, 3.63) is 75.0 Å². The minimum atomic E-state index is -0.883. The minimum absolute atomic E-state index is 0.0374. The number of amides is 1. The van der Waals surface area contributed by atoms with Crippen LogP contribution in [0.5, 0.6) is 0 Å². The molecule has 0 radical (unpaired) electrons. The third-order valence-corrected chi connectivity index (χ3v) is 5.45. The zero-order chi connectivity index (χ0) is 22.7. The molecule has 0 aromatic heterocycles. The van der Waals surface area contributed by atoms with Gasteiger partial charge in [0.15, 0.2) is 0 Å². The number of Topliss-reactive ketones (excluding diaryl/α,β-unsaturated/α-hetero) is 1. The first kappa shape index (κ1) is 23.3. The number of hydrogen-bond acceptors (Lipinski definition) is 4. The molecule has 0 unspecified atom stereocenters. The van der Waals surface area contributed by atoms with Crippen LogP contribution < -0.4 is 0 Å². The molecule has 1 aliphatic heterocycles. The first-order valence-corrected chi connectivity index (χ1v) is 10.6. The summed E-state index contributed by atoms with van der Waals surface area (Å²) in [5, 5.41) is 11.5. The van der Waals surface area contributed by atoms with Crippen LogP contribution in [0, 0.1) is 5.82 Å². The molecule has 2 aromatic carbocycles. The molecule has 0 aliphatic carbocycles. The molecule has 2 aromatic rings. The molecule has 1 atom stereocenters. The van der Waals surface area contributed by atoms with E-state index < -0.39 is 29.3 Å². The number of nitrogens with zero attached hydrogens (tertiary/aromatic N) is 1. The summed E-state index contributed by atoms with van der Waals surface area (Å²) in [6.45, 7) is 4.44. The van der Waals surface area contributed by atoms with Crippen molar-refractivity contribution in [2.24, 2.45) is 0 Å². The highest BCUT2D eigenvalue weighted by Gasteiger charge is 2.46. The van der Waals surface area contributed by atoms with Crippen molar-refractivity contribution in [1.82, 2.24) is 4.90 Å². The van der Waals surface area contributed by atoms with E-state index in [0.717, 1.165) is 0 Å². The van der Waals surface area contributed by atoms with Gasteiger partial charge in [-0.05, 0) is 56.2 Å². The average molecular weight is 466 g/mol. The summed E-state index contributed by atoms with van der Waals surface area (Å²) in [7, 11) is 0. The Balaban J connectivity index is 2.06. The summed E-state index contributed by atoms with van der Waals surface area (Å²) < 4.78 is 19.0. The van der Waals surface area contributed by atoms with Gasteiger partial charge in [-0.15, -0.1) is 0 Å². The highest BCUT2D eigenvalue weighted by molar-refractivity contribution is 6.47. The molecule has 8 heteroatoms. The standard InChI is InChI=1S/C23H22Cl2FNO4/c1-13(2)31-11-3-10-27-20(14-4-7-16(26)8-5-14)19(22(29)23(27)30)21(28)17-9-6-15(24)12-18(17)25/h4-9,12-13,20,28H,3,10-11H2,1-2H3/t20-/m0/s1. The second-order valence-electron chi connectivity index (χ2n) is 7.44. The Morgan fingerprint density at radius 3 is 2.45 bits per heavy atom. The largest absolute Gasteiger partial charge is 0.507 e. The van der Waals surface area contributed by atoms with Crippen molar-refractivity contribution in [3.8, 4) is 0 Å². The van der Waals surface area contributed by atoms with Gasteiger partial charge in [0, 0.05) is 23.7 Å². The van der Waals surface area contributed by atoms with Gasteiger partial charge in [0.2, 0.25) is 0 Å². The highest BCUT2D eigenvalue weighted by Crippen LogP contribution is 2.40. The molecule has 1 fully saturated rings. The van der Waals surface area contributed by atoms with Crippen molar-refractivity contribution < 1.29 is 23.8 Å². The van der Waals surface area contributed by atoms with E-state index in [1.807, 2.05) is 13.8 Å². The van der Waals surface area contributed by atoms with E-state index in [9.17, 15) is 19.1 Å². The molecule has 5 nitrogen and oxygen atoms in total. The van der Waals surface area contributed by atoms with Gasteiger partial charge in [0.05, 0.1) is 22.7 Å². The van der Waals surface area contributed by atoms with Crippen LogP contribution in [0.15, 0.2) is 48.0 Å². The van der Waals surface area contributed by atoms with Crippen LogP contribution in [-0.2, 0) is 14.3 Å². The SMILES string of the molecule is CC(C)OCCCN1C(=O)C(=O)C(=C(O)c2ccc(Cl)cc2Cl)[C@@H]1c1ccc(F)cc1. The molecule has 0 bridgehead atoms. The van der Waals surface area contributed by atoms with Gasteiger partial charge in [-0.2, -0.15) is 0 Å². The number of aliphatic hydroxyl groups excluding tert-OH is 1. The Labute approximate surface area is 190 Å². The van der Waals surface area contributed by atoms with Gasteiger partial charge in [0.1, 0.15) is 11.6 Å². The molecule has 1 heterocycles. The van der Waals surface area contributed by atoms with E-state index in [2.05, 4.69) is 0 Å². The summed E-state index contributed by atoms with van der Waals surface area (Å²) >= 11 is 12.1. The van der Waals surface area contributed by atoms with E-state index in [1.54, 1.807) is 0 Å². The molecule has 3 rings (SSSR count). The van der Waals surface area contributed by atoms with E-state index in [4.69, 9.17) is 27.9 Å². The molecule has 31 heavy (non-hydrogen) atoms. The van der Waals surface area contributed by atoms with Crippen molar-refractivity contribution in [2.45, 2.75) is 32.4 Å². The number of benzene rings is 2. The number of carbonyl (C=O) groups is 2. The van der Waals surface area contributed by atoms with Gasteiger partial charge in [0.25, 0.3) is 11.7 Å². The van der Waals surface area contributed by atoms with Crippen LogP contribution in [0.4, 0.5) is 4.39 Å². The summed E-state index contributed by atoms with van der Waals surface area (Å²) in [5.41, 5.74) is 0.571. The fraction of sp³-hybridized carbons (Fsp3) is 0.304. The quantitative estimate of drug-likeness (QED) is 0.258. The van der Waals surface area contributed by atoms with Crippen LogP contribution in [0.3, 0.4) is 0 Å². The number of aliphatic hydroxyl groups is 1. The molecular weight excluding hydrogens is 444 g/mol. The van der Waals surface area contributed by atoms with Crippen molar-refractivity contribution in [2.75, 3.05) is 13.2 Å². The summed E-state index contributed by atoms with van der Waals surface area (Å²) in [6.07, 6.45) is 0.528. The van der Waals surface area contributed by atoms with Crippen LogP contribution in [-0.4, -0.2) is 41.0 Å². The van der Waals surface area contributed by atoms with E-state index in [1.165, 1.54) is 47.4 Å². The molecule has 164 valence electrons. The molecule has 1 saturated heterocycles. The minimum Gasteiger partial charge on any atom is -0.507 e. The fourth-order valence-electron chi connectivity index (χ4n) is 3.48. The number of halogens is 3. The fourth-order valence-corrected chi connectivity index (χ4v) is 3.98. The Morgan fingerprint density at radius 2 is 1.84 bits per heavy atom. The monoisotopic (exact) mass is 465 g/mol. The van der Waals surface area contributed by atoms with Gasteiger partial charge < -0.3 is 14.7 Å². The second kappa shape index (κ2) is 9.81. The topological polar surface area (TPSA) is 66.8 Å². The molecule has 0 saturated carbocycles. The van der Waals surface area contributed by atoms with Crippen molar-refractivity contribution in [3.63, 3.8) is 0 Å². The predicted molar refractivity (Wildman–Crippen MR) is 118 cm³/mol. The Bertz CT molecular complexity index is 1020. The maximum atomic E-state index is 13.5. The first-order chi connectivity index (χ1) is 14.7. The third kappa shape index (κ3) is 5.09. The molecule has 1 N–H and O–H groups in total. The summed E-state index contributed by atoms with van der Waals surface area (Å²) in [6, 6.07) is 9.01. The zero-order valence-electron chi connectivity index (χ0n) is 17.1. The Hall–Kier alpha value is -2.41. The predicted octanol–water partition coefficient (Wildman–Crippen LogP) is 5.37. The van der Waals surface area contributed by atoms with E-state index in [0.29, 0.717) is 23.6 Å². The van der Waals surface area contributed by atoms with Crippen LogP contribution in [0.2, 0.25) is 10.0 Å². The van der Waals surface area contributed by atoms with Crippen LogP contribution >= 0.6 is 23.2 Å². The number of carbonyl (C=O) groups excluding carboxylic acids is 2. The van der Waals surface area contributed by atoms with Crippen LogP contribution in [0.25, 0.3) is 5.76 Å². The number of rotatable bonds is 7. The number of hydrogen-bond donors (Lipinski definition) is 1. The smallest absolute Gasteiger partial charge is 0.295 e. The average Bonchev–Trinajstić information content (AvgIpc) is 2.96. The van der Waals surface area contributed by atoms with Gasteiger partial charge in [-0.25, -0.2) is 4.39 Å². The maximum Gasteiger partial charge on any atom is 0.295 e. The molecular formula is C23H22Cl2FNO4. The number of ether oxygens (including phenoxy) is 1. The van der Waals surface area contributed by atoms with Crippen molar-refractivity contribution in [1.29, 1.82) is 0 Å². The number of likely N-dealkylation sites (tertiary alicyclic amines) is 1. The van der Waals surface area contributed by atoms with E-state index in [-0.39, 0.29) is 28.8 Å². The lowest BCUT2D eigenvalue weighted by Crippen LogP contribution is -2.31. The Kier molecular flexibility index (Phi) is 7.36.